The number of aromatic nitrogens is 3. The van der Waals surface area contributed by atoms with Crippen LogP contribution in [0.25, 0.3) is 22.0 Å². The summed E-state index contributed by atoms with van der Waals surface area (Å²) in [5.41, 5.74) is 9.32. The van der Waals surface area contributed by atoms with Crippen molar-refractivity contribution in [2.75, 3.05) is 44.7 Å². The van der Waals surface area contributed by atoms with Gasteiger partial charge in [0.1, 0.15) is 0 Å². The van der Waals surface area contributed by atoms with E-state index in [1.54, 1.807) is 5.48 Å². The fourth-order valence-corrected chi connectivity index (χ4v) is 5.37. The molecule has 6 rings (SSSR count). The summed E-state index contributed by atoms with van der Waals surface area (Å²) < 4.78 is 0. The summed E-state index contributed by atoms with van der Waals surface area (Å²) in [5.74, 6) is -0.0552. The molecule has 0 aliphatic carbocycles. The van der Waals surface area contributed by atoms with E-state index in [2.05, 4.69) is 79.2 Å². The highest BCUT2D eigenvalue weighted by Crippen LogP contribution is 2.32. The third-order valence-electron chi connectivity index (χ3n) is 7.52. The fraction of sp³-hybridized carbons (Fsp3) is 0.321. The third-order valence-corrected chi connectivity index (χ3v) is 7.52. The number of hydrogen-bond donors (Lipinski definition) is 3. The number of likely N-dealkylation sites (N-methyl/N-ethyl adjacent to an activating group) is 1. The molecule has 4 aromatic rings. The lowest BCUT2D eigenvalue weighted by atomic mass is 9.98. The lowest BCUT2D eigenvalue weighted by Crippen LogP contribution is -2.43. The molecule has 2 aliphatic heterocycles. The van der Waals surface area contributed by atoms with E-state index in [1.807, 2.05) is 0 Å². The Morgan fingerprint density at radius 1 is 1.03 bits per heavy atom. The molecule has 190 valence electrons. The molecule has 1 saturated heterocycles. The van der Waals surface area contributed by atoms with Crippen LogP contribution in [-0.4, -0.2) is 75.6 Å². The largest absolute Gasteiger partial charge is 0.357 e. The second kappa shape index (κ2) is 9.93. The lowest BCUT2D eigenvalue weighted by Gasteiger charge is -2.32. The molecule has 9 heteroatoms. The highest BCUT2D eigenvalue weighted by Gasteiger charge is 2.23. The molecule has 0 spiro atoms. The molecule has 2 aromatic heterocycles. The predicted molar refractivity (Wildman–Crippen MR) is 143 cm³/mol. The Morgan fingerprint density at radius 3 is 2.59 bits per heavy atom. The van der Waals surface area contributed by atoms with E-state index < -0.39 is 5.91 Å². The number of hydrogen-bond acceptors (Lipinski definition) is 7. The summed E-state index contributed by atoms with van der Waals surface area (Å²) >= 11 is 0. The van der Waals surface area contributed by atoms with Gasteiger partial charge in [-0.15, -0.1) is 0 Å². The van der Waals surface area contributed by atoms with Crippen LogP contribution < -0.4 is 10.4 Å². The van der Waals surface area contributed by atoms with Crippen LogP contribution in [0.3, 0.4) is 0 Å². The van der Waals surface area contributed by atoms with E-state index in [0.717, 1.165) is 51.2 Å². The topological polar surface area (TPSA) is 101 Å². The average molecular weight is 498 g/mol. The van der Waals surface area contributed by atoms with Gasteiger partial charge in [0.15, 0.2) is 0 Å². The van der Waals surface area contributed by atoms with Gasteiger partial charge in [-0.25, -0.2) is 15.4 Å². The zero-order valence-electron chi connectivity index (χ0n) is 20.9. The van der Waals surface area contributed by atoms with Crippen molar-refractivity contribution in [1.82, 2.24) is 30.2 Å². The zero-order chi connectivity index (χ0) is 25.4. The minimum Gasteiger partial charge on any atom is -0.357 e. The van der Waals surface area contributed by atoms with Crippen LogP contribution in [0.15, 0.2) is 54.9 Å². The number of benzene rings is 2. The first-order chi connectivity index (χ1) is 18.1. The van der Waals surface area contributed by atoms with E-state index in [0.29, 0.717) is 12.5 Å². The molecule has 2 aliphatic rings. The molecular formula is C28H31N7O2. The van der Waals surface area contributed by atoms with Gasteiger partial charge in [0.2, 0.25) is 5.95 Å². The number of H-pyrrole nitrogens is 1. The van der Waals surface area contributed by atoms with Gasteiger partial charge in [-0.05, 0) is 53.9 Å². The Bertz CT molecular complexity index is 1420. The smallest absolute Gasteiger partial charge is 0.277 e. The molecule has 2 aromatic carbocycles. The summed E-state index contributed by atoms with van der Waals surface area (Å²) in [6.45, 7) is 6.95. The molecule has 1 amide bonds. The standard InChI is InChI=1S/C28H31N7O2/c1-33-9-11-34(12-10-33)17-19-3-2-4-20(13-19)21-5-6-25-24(14-21)23-7-8-35(18-26(23)31-25)28-29-15-22(16-30-28)27(36)32-37/h2-6,13-16,31,37H,7-12,17-18H2,1H3,(H,32,36). The van der Waals surface area contributed by atoms with Gasteiger partial charge in [0.25, 0.3) is 5.91 Å². The Hall–Kier alpha value is -3.79. The number of nitrogens with one attached hydrogen (secondary N) is 2. The van der Waals surface area contributed by atoms with Gasteiger partial charge >= 0.3 is 0 Å². The zero-order valence-corrected chi connectivity index (χ0v) is 20.9. The van der Waals surface area contributed by atoms with Crippen LogP contribution in [0, 0.1) is 0 Å². The van der Waals surface area contributed by atoms with E-state index >= 15 is 0 Å². The number of fused-ring (bicyclic) bond motifs is 3. The van der Waals surface area contributed by atoms with Crippen molar-refractivity contribution in [2.45, 2.75) is 19.5 Å². The van der Waals surface area contributed by atoms with Gasteiger partial charge in [0, 0.05) is 68.3 Å². The Kier molecular flexibility index (Phi) is 6.33. The van der Waals surface area contributed by atoms with Crippen molar-refractivity contribution < 1.29 is 10.0 Å². The average Bonchev–Trinajstić information content (AvgIpc) is 3.31. The van der Waals surface area contributed by atoms with Crippen molar-refractivity contribution in [3.8, 4) is 11.1 Å². The summed E-state index contributed by atoms with van der Waals surface area (Å²) in [7, 11) is 2.19. The molecule has 4 heterocycles. The Labute approximate surface area is 215 Å². The van der Waals surface area contributed by atoms with Crippen LogP contribution in [0.5, 0.6) is 0 Å². The van der Waals surface area contributed by atoms with Crippen molar-refractivity contribution in [3.63, 3.8) is 0 Å². The SMILES string of the molecule is CN1CCN(Cc2cccc(-c3ccc4[nH]c5c(c4c3)CCN(c3ncc(C(=O)NO)cn3)C5)c2)CC1. The highest BCUT2D eigenvalue weighted by molar-refractivity contribution is 5.92. The Morgan fingerprint density at radius 2 is 1.81 bits per heavy atom. The van der Waals surface area contributed by atoms with Crippen molar-refractivity contribution >= 4 is 22.8 Å². The summed E-state index contributed by atoms with van der Waals surface area (Å²) in [6.07, 6.45) is 3.74. The minimum absolute atomic E-state index is 0.217. The molecule has 3 N–H and O–H groups in total. The molecule has 0 bridgehead atoms. The highest BCUT2D eigenvalue weighted by atomic mass is 16.5. The van der Waals surface area contributed by atoms with Crippen LogP contribution in [-0.2, 0) is 19.5 Å². The molecule has 0 atom stereocenters. The molecule has 0 radical (unpaired) electrons. The number of rotatable bonds is 5. The third kappa shape index (κ3) is 4.81. The number of amides is 1. The number of piperazine rings is 1. The Balaban J connectivity index is 1.21. The maximum absolute atomic E-state index is 11.5. The van der Waals surface area contributed by atoms with Crippen molar-refractivity contribution in [1.29, 1.82) is 0 Å². The second-order valence-corrected chi connectivity index (χ2v) is 10.0. The second-order valence-electron chi connectivity index (χ2n) is 10.0. The maximum Gasteiger partial charge on any atom is 0.277 e. The first kappa shape index (κ1) is 23.6. The number of carbonyl (C=O) groups is 1. The first-order valence-corrected chi connectivity index (χ1v) is 12.7. The number of hydroxylamine groups is 1. The number of anilines is 1. The van der Waals surface area contributed by atoms with E-state index in [4.69, 9.17) is 5.21 Å². The number of aromatic amines is 1. The van der Waals surface area contributed by atoms with Gasteiger partial charge < -0.3 is 14.8 Å². The van der Waals surface area contributed by atoms with Crippen LogP contribution in [0.1, 0.15) is 27.2 Å². The minimum atomic E-state index is -0.622. The number of nitrogens with zero attached hydrogens (tertiary/aromatic N) is 5. The van der Waals surface area contributed by atoms with E-state index in [9.17, 15) is 4.79 Å². The molecule has 0 unspecified atom stereocenters. The van der Waals surface area contributed by atoms with Crippen LogP contribution >= 0.6 is 0 Å². The van der Waals surface area contributed by atoms with Gasteiger partial charge in [0.05, 0.1) is 12.1 Å². The van der Waals surface area contributed by atoms with E-state index in [1.165, 1.54) is 45.7 Å². The quantitative estimate of drug-likeness (QED) is 0.288. The fourth-order valence-electron chi connectivity index (χ4n) is 5.37. The van der Waals surface area contributed by atoms with Gasteiger partial charge in [-0.2, -0.15) is 0 Å². The molecule has 37 heavy (non-hydrogen) atoms. The summed E-state index contributed by atoms with van der Waals surface area (Å²) in [6, 6.07) is 15.6. The van der Waals surface area contributed by atoms with Crippen molar-refractivity contribution in [2.24, 2.45) is 0 Å². The molecular weight excluding hydrogens is 466 g/mol. The first-order valence-electron chi connectivity index (χ1n) is 12.7. The van der Waals surface area contributed by atoms with Crippen LogP contribution in [0.2, 0.25) is 0 Å². The lowest BCUT2D eigenvalue weighted by molar-refractivity contribution is 0.0705. The summed E-state index contributed by atoms with van der Waals surface area (Å²) in [5, 5.41) is 10.1. The van der Waals surface area contributed by atoms with Crippen molar-refractivity contribution in [3.05, 3.63) is 77.2 Å². The predicted octanol–water partition coefficient (Wildman–Crippen LogP) is 3.05. The van der Waals surface area contributed by atoms with Crippen LogP contribution in [0.4, 0.5) is 5.95 Å². The normalized spacial score (nSPS) is 16.6. The summed E-state index contributed by atoms with van der Waals surface area (Å²) in [4.78, 5) is 30.8. The van der Waals surface area contributed by atoms with E-state index in [-0.39, 0.29) is 5.56 Å². The molecule has 1 fully saturated rings. The monoisotopic (exact) mass is 497 g/mol. The molecule has 9 nitrogen and oxygen atoms in total. The molecule has 0 saturated carbocycles. The van der Waals surface area contributed by atoms with Gasteiger partial charge in [-0.3, -0.25) is 14.9 Å². The van der Waals surface area contributed by atoms with Gasteiger partial charge in [-0.1, -0.05) is 24.3 Å². The maximum atomic E-state index is 11.5. The number of carbonyl (C=O) groups excluding carboxylic acids is 1.